The van der Waals surface area contributed by atoms with Crippen LogP contribution in [0.15, 0.2) is 0 Å². The van der Waals surface area contributed by atoms with E-state index < -0.39 is 40.3 Å². The molecule has 12 atom stereocenters. The van der Waals surface area contributed by atoms with Gasteiger partial charge in [0, 0.05) is 13.0 Å². The molecule has 4 saturated carbocycles. The summed E-state index contributed by atoms with van der Waals surface area (Å²) in [7, 11) is -4.11. The molecule has 0 aromatic carbocycles. The molecule has 4 aliphatic rings. The number of hydrogen-bond acceptors (Lipinski definition) is 7. The second kappa shape index (κ2) is 10.1. The second-order valence-corrected chi connectivity index (χ2v) is 14.3. The number of aliphatic hydroxyl groups excluding tert-OH is 4. The molecule has 0 aromatic rings. The fraction of sp³-hybridized carbons (Fsp3) is 0.962. The van der Waals surface area contributed by atoms with Gasteiger partial charge in [0.25, 0.3) is 10.1 Å². The molecule has 0 radical (unpaired) electrons. The zero-order valence-electron chi connectivity index (χ0n) is 21.7. The molecule has 9 nitrogen and oxygen atoms in total. The Kier molecular flexibility index (Phi) is 7.90. The zero-order chi connectivity index (χ0) is 26.6. The first-order chi connectivity index (χ1) is 16.7. The largest absolute Gasteiger partial charge is 0.393 e. The lowest BCUT2D eigenvalue weighted by molar-refractivity contribution is -0.228. The summed E-state index contributed by atoms with van der Waals surface area (Å²) in [5.74, 6) is -0.302. The summed E-state index contributed by atoms with van der Waals surface area (Å²) in [5.41, 5.74) is -0.603. The van der Waals surface area contributed by atoms with E-state index in [1.54, 1.807) is 0 Å². The molecule has 0 unspecified atom stereocenters. The van der Waals surface area contributed by atoms with Crippen molar-refractivity contribution in [1.82, 2.24) is 5.32 Å². The van der Waals surface area contributed by atoms with Crippen LogP contribution in [0.2, 0.25) is 0 Å². The van der Waals surface area contributed by atoms with E-state index in [9.17, 15) is 33.6 Å². The van der Waals surface area contributed by atoms with Crippen LogP contribution in [0.5, 0.6) is 0 Å². The lowest BCUT2D eigenvalue weighted by Gasteiger charge is -2.64. The minimum absolute atomic E-state index is 0.0445. The van der Waals surface area contributed by atoms with Crippen molar-refractivity contribution < 1.29 is 38.2 Å². The maximum Gasteiger partial charge on any atom is 0.266 e. The highest BCUT2D eigenvalue weighted by Gasteiger charge is 2.66. The fourth-order valence-corrected chi connectivity index (χ4v) is 9.52. The van der Waals surface area contributed by atoms with Crippen molar-refractivity contribution in [2.75, 3.05) is 12.3 Å². The van der Waals surface area contributed by atoms with Crippen molar-refractivity contribution in [3.05, 3.63) is 0 Å². The molecule has 4 fully saturated rings. The van der Waals surface area contributed by atoms with Gasteiger partial charge in [0.2, 0.25) is 5.91 Å². The lowest BCUT2D eigenvalue weighted by Crippen LogP contribution is -2.64. The van der Waals surface area contributed by atoms with E-state index >= 15 is 0 Å². The van der Waals surface area contributed by atoms with Crippen LogP contribution in [0.4, 0.5) is 0 Å². The first kappa shape index (κ1) is 28.2. The Morgan fingerprint density at radius 3 is 2.36 bits per heavy atom. The van der Waals surface area contributed by atoms with Gasteiger partial charge < -0.3 is 25.7 Å². The van der Waals surface area contributed by atoms with Crippen LogP contribution >= 0.6 is 0 Å². The van der Waals surface area contributed by atoms with Crippen LogP contribution in [0.25, 0.3) is 0 Å². The maximum absolute atomic E-state index is 12.2. The van der Waals surface area contributed by atoms with Crippen LogP contribution in [-0.2, 0) is 14.9 Å². The quantitative estimate of drug-likeness (QED) is 0.268. The van der Waals surface area contributed by atoms with Gasteiger partial charge in [-0.2, -0.15) is 8.42 Å². The molecule has 0 bridgehead atoms. The third-order valence-corrected chi connectivity index (χ3v) is 11.8. The van der Waals surface area contributed by atoms with Crippen molar-refractivity contribution in [1.29, 1.82) is 0 Å². The number of nitrogens with one attached hydrogen (secondary N) is 1. The van der Waals surface area contributed by atoms with Gasteiger partial charge in [0.1, 0.15) is 0 Å². The summed E-state index contributed by atoms with van der Waals surface area (Å²) in [5, 5.41) is 46.6. The van der Waals surface area contributed by atoms with Gasteiger partial charge in [-0.3, -0.25) is 9.35 Å². The summed E-state index contributed by atoms with van der Waals surface area (Å²) >= 11 is 0. The van der Waals surface area contributed by atoms with Crippen LogP contribution < -0.4 is 5.32 Å². The fourth-order valence-electron chi connectivity index (χ4n) is 9.16. The molecule has 0 aliphatic heterocycles. The SMILES string of the molecule is C[C@H](CCC(=O)NCCS(=O)(=O)O)[C@H]1CC[C@H]2[C@@H]3[C@H](O)C[C@@H]4[C@@H](O)[C@H](O)CC[C@]4(C)[C@H]3C[C@H](O)[C@]12C. The number of hydrogen-bond donors (Lipinski definition) is 6. The number of carbonyl (C=O) groups is 1. The Morgan fingerprint density at radius 1 is 1.00 bits per heavy atom. The smallest absolute Gasteiger partial charge is 0.266 e. The van der Waals surface area contributed by atoms with E-state index in [0.29, 0.717) is 25.7 Å². The Balaban J connectivity index is 1.45. The number of amides is 1. The first-order valence-electron chi connectivity index (χ1n) is 13.6. The van der Waals surface area contributed by atoms with Gasteiger partial charge in [-0.25, -0.2) is 0 Å². The monoisotopic (exact) mass is 531 g/mol. The predicted octanol–water partition coefficient (Wildman–Crippen LogP) is 1.34. The number of aliphatic hydroxyl groups is 4. The summed E-state index contributed by atoms with van der Waals surface area (Å²) in [6.45, 7) is 6.32. The van der Waals surface area contributed by atoms with Gasteiger partial charge in [0.15, 0.2) is 0 Å². The molecule has 0 aromatic heterocycles. The molecular weight excluding hydrogens is 486 g/mol. The predicted molar refractivity (Wildman–Crippen MR) is 133 cm³/mol. The highest BCUT2D eigenvalue weighted by atomic mass is 32.2. The molecule has 0 spiro atoms. The van der Waals surface area contributed by atoms with Gasteiger partial charge in [-0.15, -0.1) is 0 Å². The van der Waals surface area contributed by atoms with Crippen LogP contribution in [0.3, 0.4) is 0 Å². The Hall–Kier alpha value is -0.780. The van der Waals surface area contributed by atoms with Crippen molar-refractivity contribution in [2.24, 2.45) is 46.3 Å². The van der Waals surface area contributed by atoms with Gasteiger partial charge in [-0.1, -0.05) is 20.8 Å². The molecule has 0 heterocycles. The minimum atomic E-state index is -4.11. The molecule has 208 valence electrons. The molecule has 1 amide bonds. The second-order valence-electron chi connectivity index (χ2n) is 12.8. The molecule has 10 heteroatoms. The number of carbonyl (C=O) groups excluding carboxylic acids is 1. The average molecular weight is 532 g/mol. The molecule has 4 rings (SSSR count). The summed E-state index contributed by atoms with van der Waals surface area (Å²) in [6, 6.07) is 0. The van der Waals surface area contributed by atoms with E-state index in [-0.39, 0.29) is 65.2 Å². The third kappa shape index (κ3) is 4.86. The normalized spacial score (nSPS) is 47.4. The van der Waals surface area contributed by atoms with Gasteiger partial charge in [0.05, 0.1) is 30.2 Å². The highest BCUT2D eigenvalue weighted by Crippen LogP contribution is 2.68. The topological polar surface area (TPSA) is 164 Å². The van der Waals surface area contributed by atoms with E-state index in [0.717, 1.165) is 19.3 Å². The third-order valence-electron chi connectivity index (χ3n) is 11.1. The van der Waals surface area contributed by atoms with Crippen molar-refractivity contribution in [2.45, 2.75) is 96.6 Å². The first-order valence-corrected chi connectivity index (χ1v) is 15.2. The summed E-state index contributed by atoms with van der Waals surface area (Å²) < 4.78 is 30.5. The number of fused-ring (bicyclic) bond motifs is 5. The average Bonchev–Trinajstić information content (AvgIpc) is 3.15. The van der Waals surface area contributed by atoms with Crippen molar-refractivity contribution in [3.8, 4) is 0 Å². The summed E-state index contributed by atoms with van der Waals surface area (Å²) in [4.78, 5) is 12.2. The summed E-state index contributed by atoms with van der Waals surface area (Å²) in [6.07, 6.45) is 2.33. The standard InChI is InChI=1S/C26H45NO8S/c1-14(4-7-22(31)27-10-11-36(33,34)35)15-5-6-16-23-17(13-21(30)26(15,16)3)25(2)9-8-19(28)24(32)18(25)12-20(23)29/h14-21,23-24,28-30,32H,4-13H2,1-3H3,(H,27,31)(H,33,34,35)/t14-,15-,16+,17+,18-,19-,20-,21+,23+,24-,25-,26-/m1/s1. The van der Waals surface area contributed by atoms with E-state index in [2.05, 4.69) is 26.1 Å². The van der Waals surface area contributed by atoms with E-state index in [1.165, 1.54) is 0 Å². The van der Waals surface area contributed by atoms with E-state index in [1.807, 2.05) is 0 Å². The van der Waals surface area contributed by atoms with Gasteiger partial charge >= 0.3 is 0 Å². The number of rotatable bonds is 7. The van der Waals surface area contributed by atoms with Crippen molar-refractivity contribution in [3.63, 3.8) is 0 Å². The van der Waals surface area contributed by atoms with Crippen LogP contribution in [-0.4, -0.2) is 76.0 Å². The molecule has 36 heavy (non-hydrogen) atoms. The molecule has 4 aliphatic carbocycles. The Morgan fingerprint density at radius 2 is 1.69 bits per heavy atom. The Labute approximate surface area is 214 Å². The lowest BCUT2D eigenvalue weighted by atomic mass is 9.42. The molecule has 6 N–H and O–H groups in total. The van der Waals surface area contributed by atoms with Gasteiger partial charge in [-0.05, 0) is 91.3 Å². The van der Waals surface area contributed by atoms with E-state index in [4.69, 9.17) is 4.55 Å². The molecular formula is C26H45NO8S. The maximum atomic E-state index is 12.2. The Bertz CT molecular complexity index is 929. The van der Waals surface area contributed by atoms with Crippen molar-refractivity contribution >= 4 is 16.0 Å². The molecule has 0 saturated heterocycles. The zero-order valence-corrected chi connectivity index (χ0v) is 22.5. The van der Waals surface area contributed by atoms with Crippen LogP contribution in [0.1, 0.15) is 72.1 Å². The minimum Gasteiger partial charge on any atom is -0.393 e. The highest BCUT2D eigenvalue weighted by molar-refractivity contribution is 7.85. The van der Waals surface area contributed by atoms with Crippen LogP contribution in [0, 0.1) is 46.3 Å².